The van der Waals surface area contributed by atoms with Crippen LogP contribution in [0.4, 0.5) is 0 Å². The van der Waals surface area contributed by atoms with Crippen LogP contribution in [0.25, 0.3) is 0 Å². The molecule has 0 N–H and O–H groups in total. The molecular weight excluding hydrogens is 250 g/mol. The first-order valence-corrected chi connectivity index (χ1v) is 7.63. The first kappa shape index (κ1) is 13.4. The highest BCUT2D eigenvalue weighted by molar-refractivity contribution is 5.84. The summed E-state index contributed by atoms with van der Waals surface area (Å²) in [5, 5.41) is 0. The van der Waals surface area contributed by atoms with E-state index in [-0.39, 0.29) is 5.41 Å². The summed E-state index contributed by atoms with van der Waals surface area (Å²) < 4.78 is 2.17. The van der Waals surface area contributed by atoms with Crippen LogP contribution in [0, 0.1) is 5.41 Å². The minimum Gasteiger partial charge on any atom is -0.342 e. The molecule has 0 bridgehead atoms. The summed E-state index contributed by atoms with van der Waals surface area (Å²) in [5.74, 6) is 0.368. The van der Waals surface area contributed by atoms with Gasteiger partial charge in [0.1, 0.15) is 0 Å². The van der Waals surface area contributed by atoms with Crippen LogP contribution in [0.2, 0.25) is 0 Å². The standard InChI is InChI=1S/C16H23N3O/c1-2-6-16(7-3-8-16)15(20)18-10-4-14(5-11-18)19-12-9-17-13-19/h2,9,12-14H,1,3-8,10-11H2. The van der Waals surface area contributed by atoms with E-state index in [1.807, 2.05) is 24.8 Å². The molecule has 1 aliphatic heterocycles. The van der Waals surface area contributed by atoms with Crippen LogP contribution >= 0.6 is 0 Å². The van der Waals surface area contributed by atoms with Crippen molar-refractivity contribution in [3.8, 4) is 0 Å². The Morgan fingerprint density at radius 1 is 1.40 bits per heavy atom. The molecule has 1 amide bonds. The van der Waals surface area contributed by atoms with Crippen molar-refractivity contribution in [1.29, 1.82) is 0 Å². The molecule has 4 heteroatoms. The lowest BCUT2D eigenvalue weighted by Gasteiger charge is -2.45. The molecule has 1 aliphatic carbocycles. The Morgan fingerprint density at radius 3 is 2.65 bits per heavy atom. The Kier molecular flexibility index (Phi) is 3.64. The van der Waals surface area contributed by atoms with Gasteiger partial charge in [0.2, 0.25) is 5.91 Å². The summed E-state index contributed by atoms with van der Waals surface area (Å²) >= 11 is 0. The molecule has 2 heterocycles. The van der Waals surface area contributed by atoms with Crippen molar-refractivity contribution in [2.24, 2.45) is 5.41 Å². The molecule has 0 atom stereocenters. The van der Waals surface area contributed by atoms with Gasteiger partial charge in [0.15, 0.2) is 0 Å². The quantitative estimate of drug-likeness (QED) is 0.791. The highest BCUT2D eigenvalue weighted by Gasteiger charge is 2.45. The number of carbonyl (C=O) groups is 1. The van der Waals surface area contributed by atoms with Gasteiger partial charge in [-0.25, -0.2) is 4.98 Å². The number of carbonyl (C=O) groups excluding carboxylic acids is 1. The molecule has 2 aliphatic rings. The van der Waals surface area contributed by atoms with E-state index in [1.54, 1.807) is 0 Å². The van der Waals surface area contributed by atoms with E-state index in [0.717, 1.165) is 45.2 Å². The van der Waals surface area contributed by atoms with Crippen LogP contribution in [0.1, 0.15) is 44.6 Å². The zero-order valence-corrected chi connectivity index (χ0v) is 12.0. The van der Waals surface area contributed by atoms with Crippen LogP contribution < -0.4 is 0 Å². The Hall–Kier alpha value is -1.58. The third kappa shape index (κ3) is 2.28. The zero-order chi connectivity index (χ0) is 14.0. The maximum absolute atomic E-state index is 12.7. The number of piperidine rings is 1. The Morgan fingerprint density at radius 2 is 2.15 bits per heavy atom. The number of hydrogen-bond acceptors (Lipinski definition) is 2. The molecule has 1 aromatic rings. The lowest BCUT2D eigenvalue weighted by molar-refractivity contribution is -0.148. The van der Waals surface area contributed by atoms with Gasteiger partial charge in [0.05, 0.1) is 11.7 Å². The van der Waals surface area contributed by atoms with E-state index in [0.29, 0.717) is 11.9 Å². The number of imidazole rings is 1. The Labute approximate surface area is 120 Å². The summed E-state index contributed by atoms with van der Waals surface area (Å²) in [7, 11) is 0. The molecule has 4 nitrogen and oxygen atoms in total. The maximum Gasteiger partial charge on any atom is 0.229 e. The lowest BCUT2D eigenvalue weighted by Crippen LogP contribution is -2.50. The molecule has 0 spiro atoms. The SMILES string of the molecule is C=CCC1(C(=O)N2CCC(n3ccnc3)CC2)CCC1. The highest BCUT2D eigenvalue weighted by atomic mass is 16.2. The number of amides is 1. The average Bonchev–Trinajstić information content (AvgIpc) is 2.96. The van der Waals surface area contributed by atoms with Crippen molar-refractivity contribution in [3.05, 3.63) is 31.4 Å². The van der Waals surface area contributed by atoms with Gasteiger partial charge in [0.25, 0.3) is 0 Å². The number of nitrogens with zero attached hydrogens (tertiary/aromatic N) is 3. The first-order valence-electron chi connectivity index (χ1n) is 7.63. The first-order chi connectivity index (χ1) is 9.75. The Bertz CT molecular complexity index is 468. The highest BCUT2D eigenvalue weighted by Crippen LogP contribution is 2.46. The largest absolute Gasteiger partial charge is 0.342 e. The van der Waals surface area contributed by atoms with Crippen LogP contribution in [0.3, 0.4) is 0 Å². The summed E-state index contributed by atoms with van der Waals surface area (Å²) in [6.07, 6.45) is 13.8. The second kappa shape index (κ2) is 5.43. The average molecular weight is 273 g/mol. The molecule has 3 rings (SSSR count). The van der Waals surface area contributed by atoms with Gasteiger partial charge in [-0.2, -0.15) is 0 Å². The number of allylic oxidation sites excluding steroid dienone is 1. The number of likely N-dealkylation sites (tertiary alicyclic amines) is 1. The van der Waals surface area contributed by atoms with E-state index < -0.39 is 0 Å². The molecule has 108 valence electrons. The van der Waals surface area contributed by atoms with Crippen molar-refractivity contribution in [2.75, 3.05) is 13.1 Å². The van der Waals surface area contributed by atoms with Crippen LogP contribution in [0.5, 0.6) is 0 Å². The fraction of sp³-hybridized carbons (Fsp3) is 0.625. The second-order valence-electron chi connectivity index (χ2n) is 6.16. The molecule has 0 radical (unpaired) electrons. The third-order valence-electron chi connectivity index (χ3n) is 5.00. The molecule has 2 fully saturated rings. The van der Waals surface area contributed by atoms with Gasteiger partial charge in [-0.15, -0.1) is 6.58 Å². The minimum absolute atomic E-state index is 0.108. The van der Waals surface area contributed by atoms with Gasteiger partial charge < -0.3 is 9.47 Å². The molecule has 1 saturated heterocycles. The van der Waals surface area contributed by atoms with E-state index in [2.05, 4.69) is 21.0 Å². The molecule has 20 heavy (non-hydrogen) atoms. The number of rotatable bonds is 4. The van der Waals surface area contributed by atoms with Crippen LogP contribution in [-0.4, -0.2) is 33.4 Å². The van der Waals surface area contributed by atoms with Crippen LogP contribution in [-0.2, 0) is 4.79 Å². The van der Waals surface area contributed by atoms with E-state index in [4.69, 9.17) is 0 Å². The van der Waals surface area contributed by atoms with Gasteiger partial charge >= 0.3 is 0 Å². The minimum atomic E-state index is -0.108. The normalized spacial score (nSPS) is 22.3. The van der Waals surface area contributed by atoms with Gasteiger partial charge in [-0.05, 0) is 32.1 Å². The monoisotopic (exact) mass is 273 g/mol. The summed E-state index contributed by atoms with van der Waals surface area (Å²) in [5.41, 5.74) is -0.108. The van der Waals surface area contributed by atoms with E-state index in [1.165, 1.54) is 6.42 Å². The molecule has 0 unspecified atom stereocenters. The fourth-order valence-electron chi connectivity index (χ4n) is 3.57. The predicted octanol–water partition coefficient (Wildman–Crippen LogP) is 2.79. The van der Waals surface area contributed by atoms with Crippen molar-refractivity contribution in [3.63, 3.8) is 0 Å². The maximum atomic E-state index is 12.7. The van der Waals surface area contributed by atoms with E-state index >= 15 is 0 Å². The van der Waals surface area contributed by atoms with Gasteiger partial charge in [-0.1, -0.05) is 12.5 Å². The number of hydrogen-bond donors (Lipinski definition) is 0. The summed E-state index contributed by atoms with van der Waals surface area (Å²) in [6, 6.07) is 0.498. The second-order valence-corrected chi connectivity index (χ2v) is 6.16. The fourth-order valence-corrected chi connectivity index (χ4v) is 3.57. The Balaban J connectivity index is 1.60. The number of aromatic nitrogens is 2. The van der Waals surface area contributed by atoms with Crippen molar-refractivity contribution in [2.45, 2.75) is 44.6 Å². The summed E-state index contributed by atoms with van der Waals surface area (Å²) in [4.78, 5) is 18.9. The summed E-state index contributed by atoms with van der Waals surface area (Å²) in [6.45, 7) is 5.57. The van der Waals surface area contributed by atoms with Crippen LogP contribution in [0.15, 0.2) is 31.4 Å². The molecular formula is C16H23N3O. The van der Waals surface area contributed by atoms with Gasteiger partial charge in [0, 0.05) is 31.5 Å². The smallest absolute Gasteiger partial charge is 0.229 e. The van der Waals surface area contributed by atoms with Gasteiger partial charge in [-0.3, -0.25) is 4.79 Å². The van der Waals surface area contributed by atoms with Crippen molar-refractivity contribution >= 4 is 5.91 Å². The van der Waals surface area contributed by atoms with Crippen molar-refractivity contribution < 1.29 is 4.79 Å². The molecule has 0 aromatic carbocycles. The third-order valence-corrected chi connectivity index (χ3v) is 5.00. The topological polar surface area (TPSA) is 38.1 Å². The molecule has 1 aromatic heterocycles. The predicted molar refractivity (Wildman–Crippen MR) is 78.2 cm³/mol. The lowest BCUT2D eigenvalue weighted by atomic mass is 9.65. The van der Waals surface area contributed by atoms with Crippen molar-refractivity contribution in [1.82, 2.24) is 14.5 Å². The van der Waals surface area contributed by atoms with E-state index in [9.17, 15) is 4.79 Å². The molecule has 1 saturated carbocycles. The zero-order valence-electron chi connectivity index (χ0n) is 12.0.